The number of nitrogens with one attached hydrogen (secondary N) is 1. The van der Waals surface area contributed by atoms with Gasteiger partial charge in [0.15, 0.2) is 5.13 Å². The molecule has 2 heterocycles. The van der Waals surface area contributed by atoms with Crippen molar-refractivity contribution in [3.05, 3.63) is 46.5 Å². The molecule has 0 saturated heterocycles. The molecule has 0 radical (unpaired) electrons. The number of carbonyl (C=O) groups is 2. The molecule has 1 aromatic carbocycles. The highest BCUT2D eigenvalue weighted by Gasteiger charge is 2.55. The number of methoxy groups -OCH3 is 1. The molecule has 0 bridgehead atoms. The molecule has 4 rings (SSSR count). The molecule has 0 unspecified atom stereocenters. The summed E-state index contributed by atoms with van der Waals surface area (Å²) in [5.74, 6) is -0.493. The minimum Gasteiger partial charge on any atom is -0.383 e. The highest BCUT2D eigenvalue weighted by atomic mass is 32.1. The van der Waals surface area contributed by atoms with Gasteiger partial charge in [0, 0.05) is 24.6 Å². The number of thiazole rings is 1. The Labute approximate surface area is 168 Å². The summed E-state index contributed by atoms with van der Waals surface area (Å²) in [5, 5.41) is 5.54. The van der Waals surface area contributed by atoms with Crippen LogP contribution in [0.25, 0.3) is 0 Å². The molecular formula is C21H25N3O3S. The van der Waals surface area contributed by atoms with Gasteiger partial charge in [-0.15, -0.1) is 11.3 Å². The third-order valence-electron chi connectivity index (χ3n) is 5.92. The van der Waals surface area contributed by atoms with E-state index < -0.39 is 11.5 Å². The van der Waals surface area contributed by atoms with Crippen molar-refractivity contribution in [2.24, 2.45) is 0 Å². The van der Waals surface area contributed by atoms with Gasteiger partial charge in [0.1, 0.15) is 0 Å². The lowest BCUT2D eigenvalue weighted by atomic mass is 9.71. The van der Waals surface area contributed by atoms with E-state index in [1.807, 2.05) is 41.5 Å². The van der Waals surface area contributed by atoms with E-state index in [1.165, 1.54) is 11.3 Å². The van der Waals surface area contributed by atoms with Gasteiger partial charge in [-0.2, -0.15) is 0 Å². The first kappa shape index (κ1) is 19.1. The number of aryl methyl sites for hydroxylation is 1. The number of benzene rings is 1. The van der Waals surface area contributed by atoms with Gasteiger partial charge in [0.05, 0.1) is 23.8 Å². The number of rotatable bonds is 5. The van der Waals surface area contributed by atoms with E-state index in [2.05, 4.69) is 10.3 Å². The molecule has 148 valence electrons. The number of anilines is 1. The maximum Gasteiger partial charge on any atom is 0.254 e. The molecule has 1 aliphatic heterocycles. The van der Waals surface area contributed by atoms with E-state index in [9.17, 15) is 9.59 Å². The molecule has 2 amide bonds. The second-order valence-corrected chi connectivity index (χ2v) is 8.42. The zero-order valence-electron chi connectivity index (χ0n) is 16.2. The monoisotopic (exact) mass is 399 g/mol. The van der Waals surface area contributed by atoms with Gasteiger partial charge in [-0.25, -0.2) is 4.98 Å². The van der Waals surface area contributed by atoms with Gasteiger partial charge < -0.3 is 15.0 Å². The number of fused-ring (bicyclic) bond motifs is 1. The fourth-order valence-corrected chi connectivity index (χ4v) is 5.45. The third kappa shape index (κ3) is 3.12. The molecular weight excluding hydrogens is 374 g/mol. The Hall–Kier alpha value is -2.25. The van der Waals surface area contributed by atoms with Crippen LogP contribution in [-0.2, 0) is 9.53 Å². The Morgan fingerprint density at radius 1 is 1.36 bits per heavy atom. The Bertz CT molecular complexity index is 889. The maximum absolute atomic E-state index is 13.5. The number of ether oxygens (including phenoxy) is 1. The lowest BCUT2D eigenvalue weighted by Crippen LogP contribution is -2.60. The molecule has 1 fully saturated rings. The van der Waals surface area contributed by atoms with Gasteiger partial charge in [0.25, 0.3) is 5.91 Å². The van der Waals surface area contributed by atoms with Crippen molar-refractivity contribution in [1.29, 1.82) is 0 Å². The zero-order chi connectivity index (χ0) is 19.7. The van der Waals surface area contributed by atoms with Crippen LogP contribution < -0.4 is 5.32 Å². The fourth-order valence-electron chi connectivity index (χ4n) is 4.76. The normalized spacial score (nSPS) is 20.4. The quantitative estimate of drug-likeness (QED) is 0.834. The zero-order valence-corrected chi connectivity index (χ0v) is 17.1. The number of hydrogen-bond acceptors (Lipinski definition) is 5. The van der Waals surface area contributed by atoms with Crippen LogP contribution in [0.15, 0.2) is 29.6 Å². The Kier molecular flexibility index (Phi) is 5.21. The second kappa shape index (κ2) is 7.64. The highest BCUT2D eigenvalue weighted by molar-refractivity contribution is 7.13. The molecule has 2 aliphatic rings. The molecule has 7 heteroatoms. The first-order valence-electron chi connectivity index (χ1n) is 9.69. The average molecular weight is 400 g/mol. The van der Waals surface area contributed by atoms with Crippen molar-refractivity contribution in [3.63, 3.8) is 0 Å². The summed E-state index contributed by atoms with van der Waals surface area (Å²) in [5.41, 5.74) is 1.83. The summed E-state index contributed by atoms with van der Waals surface area (Å²) in [6.45, 7) is 2.85. The minimum atomic E-state index is -0.500. The maximum atomic E-state index is 13.5. The first-order chi connectivity index (χ1) is 13.6. The number of nitrogens with zero attached hydrogens (tertiary/aromatic N) is 2. The van der Waals surface area contributed by atoms with Crippen LogP contribution in [0, 0.1) is 6.92 Å². The molecule has 1 spiro atoms. The van der Waals surface area contributed by atoms with Crippen LogP contribution in [0.5, 0.6) is 0 Å². The van der Waals surface area contributed by atoms with Crippen molar-refractivity contribution in [1.82, 2.24) is 9.88 Å². The van der Waals surface area contributed by atoms with Crippen molar-refractivity contribution < 1.29 is 14.3 Å². The largest absolute Gasteiger partial charge is 0.383 e. The van der Waals surface area contributed by atoms with E-state index in [4.69, 9.17) is 4.74 Å². The Balaban J connectivity index is 1.79. The SMILES string of the molecule is COCCN1C(=O)c2ccccc2[C@H](C(=O)Nc2nc(C)cs2)C12CCCC2. The molecule has 2 aromatic rings. The van der Waals surface area contributed by atoms with Crippen molar-refractivity contribution in [2.45, 2.75) is 44.1 Å². The molecule has 1 aromatic heterocycles. The summed E-state index contributed by atoms with van der Waals surface area (Å²) in [6, 6.07) is 7.52. The predicted molar refractivity (Wildman–Crippen MR) is 109 cm³/mol. The van der Waals surface area contributed by atoms with E-state index >= 15 is 0 Å². The Morgan fingerprint density at radius 2 is 2.11 bits per heavy atom. The molecule has 6 nitrogen and oxygen atoms in total. The van der Waals surface area contributed by atoms with Gasteiger partial charge in [-0.05, 0) is 31.4 Å². The number of amides is 2. The summed E-state index contributed by atoms with van der Waals surface area (Å²) < 4.78 is 5.27. The topological polar surface area (TPSA) is 71.5 Å². The summed E-state index contributed by atoms with van der Waals surface area (Å²) in [7, 11) is 1.64. The third-order valence-corrected chi connectivity index (χ3v) is 6.80. The van der Waals surface area contributed by atoms with Crippen LogP contribution in [0.2, 0.25) is 0 Å². The standard InChI is InChI=1S/C21H25N3O3S/c1-14-13-28-20(22-14)23-18(25)17-15-7-3-4-8-16(15)19(26)24(11-12-27-2)21(17)9-5-6-10-21/h3-4,7-8,13,17H,5-6,9-12H2,1-2H3,(H,22,23,25)/t17-/m1/s1. The summed E-state index contributed by atoms with van der Waals surface area (Å²) in [6.07, 6.45) is 3.68. The Morgan fingerprint density at radius 3 is 2.79 bits per heavy atom. The van der Waals surface area contributed by atoms with Crippen molar-refractivity contribution in [2.75, 3.05) is 25.6 Å². The molecule has 1 N–H and O–H groups in total. The van der Waals surface area contributed by atoms with Crippen LogP contribution in [0.3, 0.4) is 0 Å². The average Bonchev–Trinajstić information content (AvgIpc) is 3.32. The van der Waals surface area contributed by atoms with E-state index in [1.54, 1.807) is 7.11 Å². The van der Waals surface area contributed by atoms with Gasteiger partial charge in [-0.3, -0.25) is 9.59 Å². The molecule has 1 atom stereocenters. The van der Waals surface area contributed by atoms with Crippen LogP contribution >= 0.6 is 11.3 Å². The molecule has 1 saturated carbocycles. The fraction of sp³-hybridized carbons (Fsp3) is 0.476. The van der Waals surface area contributed by atoms with Crippen LogP contribution in [0.1, 0.15) is 53.2 Å². The minimum absolute atomic E-state index is 0.00342. The second-order valence-electron chi connectivity index (χ2n) is 7.56. The predicted octanol–water partition coefficient (Wildman–Crippen LogP) is 3.59. The lowest BCUT2D eigenvalue weighted by Gasteiger charge is -2.50. The van der Waals surface area contributed by atoms with Crippen molar-refractivity contribution in [3.8, 4) is 0 Å². The number of carbonyl (C=O) groups excluding carboxylic acids is 2. The van der Waals surface area contributed by atoms with Gasteiger partial charge in [-0.1, -0.05) is 31.0 Å². The van der Waals surface area contributed by atoms with Crippen LogP contribution in [0.4, 0.5) is 5.13 Å². The smallest absolute Gasteiger partial charge is 0.254 e. The van der Waals surface area contributed by atoms with Gasteiger partial charge >= 0.3 is 0 Å². The van der Waals surface area contributed by atoms with E-state index in [0.29, 0.717) is 23.8 Å². The number of aromatic nitrogens is 1. The lowest BCUT2D eigenvalue weighted by molar-refractivity contribution is -0.121. The van der Waals surface area contributed by atoms with Crippen molar-refractivity contribution >= 4 is 28.3 Å². The summed E-state index contributed by atoms with van der Waals surface area (Å²) >= 11 is 1.43. The first-order valence-corrected chi connectivity index (χ1v) is 10.6. The molecule has 28 heavy (non-hydrogen) atoms. The van der Waals surface area contributed by atoms with E-state index in [0.717, 1.165) is 36.9 Å². The van der Waals surface area contributed by atoms with Crippen LogP contribution in [-0.4, -0.2) is 47.5 Å². The summed E-state index contributed by atoms with van der Waals surface area (Å²) in [4.78, 5) is 33.1. The van der Waals surface area contributed by atoms with E-state index in [-0.39, 0.29) is 11.8 Å². The van der Waals surface area contributed by atoms with Gasteiger partial charge in [0.2, 0.25) is 5.91 Å². The molecule has 1 aliphatic carbocycles. The highest BCUT2D eigenvalue weighted by Crippen LogP contribution is 2.50. The number of hydrogen-bond donors (Lipinski definition) is 1.